The van der Waals surface area contributed by atoms with Crippen LogP contribution in [-0.4, -0.2) is 50.4 Å². The van der Waals surface area contributed by atoms with Crippen LogP contribution in [0.25, 0.3) is 0 Å². The Morgan fingerprint density at radius 1 is 1.69 bits per heavy atom. The molecule has 0 radical (unpaired) electrons. The number of nitrogens with zero attached hydrogens (tertiary/aromatic N) is 2. The number of hydrogen-bond donors (Lipinski definition) is 1. The molecule has 1 aromatic rings. The number of ether oxygens (including phenoxy) is 1. The number of thioether (sulfide) groups is 1. The van der Waals surface area contributed by atoms with Crippen molar-refractivity contribution in [3.05, 3.63) is 17.8 Å². The van der Waals surface area contributed by atoms with Crippen LogP contribution in [0.2, 0.25) is 0 Å². The zero-order chi connectivity index (χ0) is 10.8. The molecule has 82 valence electrons. The molecule has 1 aliphatic rings. The molecule has 0 aromatic carbocycles. The van der Waals surface area contributed by atoms with Crippen LogP contribution in [0.15, 0.2) is 12.3 Å². The summed E-state index contributed by atoms with van der Waals surface area (Å²) in [5.41, 5.74) is -0.458. The van der Waals surface area contributed by atoms with Gasteiger partial charge in [0.2, 0.25) is 0 Å². The third-order valence-corrected chi connectivity index (χ3v) is 3.11. The minimum absolute atomic E-state index is 0. The summed E-state index contributed by atoms with van der Waals surface area (Å²) < 4.78 is 6.64. The van der Waals surface area contributed by atoms with Crippen LogP contribution in [0.4, 0.5) is 0 Å². The molecular weight excluding hydrogens is 242 g/mol. The molecule has 8 heteroatoms. The SMILES string of the molecule is N=c1ccn([C@@H]2CS[C@H](C[O-])O2)c([O-])n1.[Mg+2]. The first kappa shape index (κ1) is 13.8. The van der Waals surface area contributed by atoms with E-state index >= 15 is 0 Å². The Labute approximate surface area is 112 Å². The summed E-state index contributed by atoms with van der Waals surface area (Å²) in [5, 5.41) is 29.1. The van der Waals surface area contributed by atoms with Gasteiger partial charge in [-0.3, -0.25) is 5.41 Å². The van der Waals surface area contributed by atoms with E-state index in [1.165, 1.54) is 28.6 Å². The minimum atomic E-state index is -0.514. The topological polar surface area (TPSA) is 97.0 Å². The van der Waals surface area contributed by atoms with E-state index in [0.717, 1.165) is 0 Å². The largest absolute Gasteiger partial charge is 2.00 e. The zero-order valence-electron chi connectivity index (χ0n) is 8.46. The van der Waals surface area contributed by atoms with Crippen LogP contribution in [0.5, 0.6) is 6.01 Å². The summed E-state index contributed by atoms with van der Waals surface area (Å²) in [6, 6.07) is 0.902. The van der Waals surface area contributed by atoms with Crippen molar-refractivity contribution in [2.45, 2.75) is 11.7 Å². The maximum atomic E-state index is 11.4. The number of rotatable bonds is 2. The van der Waals surface area contributed by atoms with Crippen molar-refractivity contribution in [2.75, 3.05) is 12.4 Å². The molecule has 1 N–H and O–H groups in total. The molecule has 16 heavy (non-hydrogen) atoms. The Balaban J connectivity index is 0.00000128. The summed E-state index contributed by atoms with van der Waals surface area (Å²) in [6.07, 6.45) is 1.03. The van der Waals surface area contributed by atoms with Gasteiger partial charge in [0.1, 0.15) is 11.7 Å². The molecule has 2 heterocycles. The zero-order valence-corrected chi connectivity index (χ0v) is 10.7. The summed E-state index contributed by atoms with van der Waals surface area (Å²) in [5.74, 6) is 0.561. The average molecular weight is 252 g/mol. The summed E-state index contributed by atoms with van der Waals surface area (Å²) in [6.45, 7) is -0.320. The molecule has 6 nitrogen and oxygen atoms in total. The van der Waals surface area contributed by atoms with E-state index in [4.69, 9.17) is 10.1 Å². The average Bonchev–Trinajstić information content (AvgIpc) is 2.66. The Kier molecular flexibility index (Phi) is 5.06. The second-order valence-corrected chi connectivity index (χ2v) is 4.22. The van der Waals surface area contributed by atoms with Gasteiger partial charge >= 0.3 is 23.1 Å². The second-order valence-electron chi connectivity index (χ2n) is 3.02. The standard InChI is InChI=1S/C8H10N3O3S.Mg/c9-5-1-2-11(8(13)10-5)6-4-15-7(3-12)14-6;/h1-2,6-7H,3-4H2,(H2,9,10,13);/q-1;+2/p-1/t6-,7+;/m0./s1. The van der Waals surface area contributed by atoms with Gasteiger partial charge in [0.25, 0.3) is 0 Å². The predicted molar refractivity (Wildman–Crippen MR) is 54.5 cm³/mol. The van der Waals surface area contributed by atoms with E-state index in [-0.39, 0.29) is 35.1 Å². The number of hydrogen-bond acceptors (Lipinski definition) is 6. The van der Waals surface area contributed by atoms with Gasteiger partial charge < -0.3 is 19.5 Å². The fourth-order valence-electron chi connectivity index (χ4n) is 1.31. The quantitative estimate of drug-likeness (QED) is 0.614. The van der Waals surface area contributed by atoms with Gasteiger partial charge in [0.05, 0.1) is 11.4 Å². The Hall–Kier alpha value is -0.284. The van der Waals surface area contributed by atoms with Gasteiger partial charge in [-0.25, -0.2) is 4.98 Å². The monoisotopic (exact) mass is 251 g/mol. The van der Waals surface area contributed by atoms with E-state index in [0.29, 0.717) is 5.75 Å². The van der Waals surface area contributed by atoms with Crippen LogP contribution < -0.4 is 15.7 Å². The van der Waals surface area contributed by atoms with Crippen LogP contribution in [0.1, 0.15) is 6.23 Å². The molecule has 1 aliphatic heterocycles. The molecule has 0 aliphatic carbocycles. The van der Waals surface area contributed by atoms with E-state index in [1.54, 1.807) is 0 Å². The van der Waals surface area contributed by atoms with E-state index in [9.17, 15) is 10.2 Å². The number of nitrogens with one attached hydrogen (secondary N) is 1. The van der Waals surface area contributed by atoms with E-state index < -0.39 is 17.7 Å². The third-order valence-electron chi connectivity index (χ3n) is 2.01. The first-order chi connectivity index (χ1) is 7.20. The van der Waals surface area contributed by atoms with Crippen LogP contribution in [0, 0.1) is 5.41 Å². The van der Waals surface area contributed by atoms with Gasteiger partial charge in [-0.05, 0) is 6.07 Å². The summed E-state index contributed by atoms with van der Waals surface area (Å²) >= 11 is 1.39. The molecule has 0 unspecified atom stereocenters. The fourth-order valence-corrected chi connectivity index (χ4v) is 2.23. The Bertz CT molecular complexity index is 414. The van der Waals surface area contributed by atoms with Crippen molar-refractivity contribution in [3.8, 4) is 6.01 Å². The van der Waals surface area contributed by atoms with Gasteiger partial charge in [0.15, 0.2) is 0 Å². The summed E-state index contributed by atoms with van der Waals surface area (Å²) in [7, 11) is 0. The molecule has 2 rings (SSSR count). The second kappa shape index (κ2) is 5.87. The van der Waals surface area contributed by atoms with Crippen LogP contribution in [-0.2, 0) is 4.74 Å². The van der Waals surface area contributed by atoms with Crippen LogP contribution >= 0.6 is 11.8 Å². The molecule has 1 saturated heterocycles. The maximum absolute atomic E-state index is 11.4. The van der Waals surface area contributed by atoms with E-state index in [1.807, 2.05) is 0 Å². The van der Waals surface area contributed by atoms with Gasteiger partial charge in [-0.15, -0.1) is 18.4 Å². The van der Waals surface area contributed by atoms with Crippen molar-refractivity contribution < 1.29 is 14.9 Å². The minimum Gasteiger partial charge on any atom is -0.852 e. The first-order valence-corrected chi connectivity index (χ1v) is 5.41. The molecule has 0 spiro atoms. The Morgan fingerprint density at radius 2 is 2.44 bits per heavy atom. The molecule has 0 saturated carbocycles. The van der Waals surface area contributed by atoms with Crippen molar-refractivity contribution in [2.24, 2.45) is 0 Å². The molecular formula is C8H9MgN3O3S. The van der Waals surface area contributed by atoms with Crippen molar-refractivity contribution >= 4 is 34.8 Å². The molecule has 0 amide bonds. The predicted octanol–water partition coefficient (Wildman–Crippen LogP) is -2.00. The van der Waals surface area contributed by atoms with Gasteiger partial charge in [0, 0.05) is 11.9 Å². The summed E-state index contributed by atoms with van der Waals surface area (Å²) in [4.78, 5) is 3.48. The van der Waals surface area contributed by atoms with Crippen molar-refractivity contribution in [1.29, 1.82) is 5.41 Å². The third kappa shape index (κ3) is 2.89. The van der Waals surface area contributed by atoms with Gasteiger partial charge in [-0.1, -0.05) is 0 Å². The molecule has 1 fully saturated rings. The van der Waals surface area contributed by atoms with Crippen LogP contribution in [0.3, 0.4) is 0 Å². The normalized spacial score (nSPS) is 24.1. The van der Waals surface area contributed by atoms with Crippen molar-refractivity contribution in [1.82, 2.24) is 9.55 Å². The molecule has 2 atom stereocenters. The molecule has 1 aromatic heterocycles. The van der Waals surface area contributed by atoms with E-state index in [2.05, 4.69) is 4.98 Å². The maximum Gasteiger partial charge on any atom is 2.00 e. The molecule has 0 bridgehead atoms. The Morgan fingerprint density at radius 3 is 3.00 bits per heavy atom. The first-order valence-electron chi connectivity index (χ1n) is 4.36. The van der Waals surface area contributed by atoms with Gasteiger partial charge in [-0.2, -0.15) is 0 Å². The van der Waals surface area contributed by atoms with Crippen molar-refractivity contribution in [3.63, 3.8) is 0 Å². The number of aromatic nitrogens is 2. The fraction of sp³-hybridized carbons (Fsp3) is 0.500. The smallest absolute Gasteiger partial charge is 0.852 e.